The number of halogens is 3. The summed E-state index contributed by atoms with van der Waals surface area (Å²) < 4.78 is 48.0. The van der Waals surface area contributed by atoms with Gasteiger partial charge < -0.3 is 14.8 Å². The molecule has 0 saturated heterocycles. The second-order valence-electron chi connectivity index (χ2n) is 6.40. The second kappa shape index (κ2) is 9.45. The van der Waals surface area contributed by atoms with Gasteiger partial charge in [-0.2, -0.15) is 8.78 Å². The molecule has 0 fully saturated rings. The summed E-state index contributed by atoms with van der Waals surface area (Å²) in [7, 11) is 3.08. The van der Waals surface area contributed by atoms with Crippen molar-refractivity contribution < 1.29 is 27.4 Å². The summed E-state index contributed by atoms with van der Waals surface area (Å²) in [5, 5.41) is 2.71. The number of hydrogen-bond acceptors (Lipinski definition) is 4. The van der Waals surface area contributed by atoms with E-state index in [2.05, 4.69) is 10.1 Å². The third-order valence-corrected chi connectivity index (χ3v) is 4.37. The van der Waals surface area contributed by atoms with Crippen molar-refractivity contribution in [2.45, 2.75) is 33.0 Å². The molecule has 0 aliphatic carbocycles. The minimum Gasteiger partial charge on any atom is -0.493 e. The molecule has 1 atom stereocenters. The van der Waals surface area contributed by atoms with E-state index in [9.17, 15) is 18.0 Å². The SMILES string of the molecule is COc1ccc(CN(C)C(C)C(=O)Nc2cc(F)ccc2C)cc1OC(F)F. The molecule has 0 radical (unpaired) electrons. The molecule has 0 bridgehead atoms. The van der Waals surface area contributed by atoms with Crippen LogP contribution in [-0.2, 0) is 11.3 Å². The Labute approximate surface area is 162 Å². The summed E-state index contributed by atoms with van der Waals surface area (Å²) >= 11 is 0. The molecule has 152 valence electrons. The number of hydrogen-bond donors (Lipinski definition) is 1. The fourth-order valence-corrected chi connectivity index (χ4v) is 2.60. The van der Waals surface area contributed by atoms with Gasteiger partial charge in [0, 0.05) is 12.2 Å². The highest BCUT2D eigenvalue weighted by molar-refractivity contribution is 5.95. The number of amides is 1. The van der Waals surface area contributed by atoms with Crippen LogP contribution < -0.4 is 14.8 Å². The summed E-state index contributed by atoms with van der Waals surface area (Å²) in [5.41, 5.74) is 1.82. The monoisotopic (exact) mass is 396 g/mol. The van der Waals surface area contributed by atoms with Crippen molar-refractivity contribution in [2.24, 2.45) is 0 Å². The zero-order valence-electron chi connectivity index (χ0n) is 16.1. The molecule has 0 aliphatic rings. The molecule has 0 saturated carbocycles. The lowest BCUT2D eigenvalue weighted by Gasteiger charge is -2.24. The van der Waals surface area contributed by atoms with Crippen LogP contribution >= 0.6 is 0 Å². The van der Waals surface area contributed by atoms with E-state index in [4.69, 9.17) is 4.74 Å². The maximum absolute atomic E-state index is 13.4. The number of nitrogens with zero attached hydrogens (tertiary/aromatic N) is 1. The van der Waals surface area contributed by atoms with Crippen LogP contribution in [-0.4, -0.2) is 37.6 Å². The van der Waals surface area contributed by atoms with Gasteiger partial charge in [0.15, 0.2) is 11.5 Å². The van der Waals surface area contributed by atoms with Crippen LogP contribution in [0.25, 0.3) is 0 Å². The molecule has 0 heterocycles. The van der Waals surface area contributed by atoms with Gasteiger partial charge in [-0.15, -0.1) is 0 Å². The predicted molar refractivity (Wildman–Crippen MR) is 100 cm³/mol. The fourth-order valence-electron chi connectivity index (χ4n) is 2.60. The smallest absolute Gasteiger partial charge is 0.387 e. The Balaban J connectivity index is 2.07. The van der Waals surface area contributed by atoms with Crippen molar-refractivity contribution in [3.05, 3.63) is 53.3 Å². The first-order chi connectivity index (χ1) is 13.2. The highest BCUT2D eigenvalue weighted by Gasteiger charge is 2.20. The van der Waals surface area contributed by atoms with Crippen molar-refractivity contribution in [3.8, 4) is 11.5 Å². The first-order valence-corrected chi connectivity index (χ1v) is 8.60. The molecule has 1 N–H and O–H groups in total. The Morgan fingerprint density at radius 3 is 2.54 bits per heavy atom. The first kappa shape index (κ1) is 21.6. The molecule has 5 nitrogen and oxygen atoms in total. The minimum atomic E-state index is -2.97. The van der Waals surface area contributed by atoms with Gasteiger partial charge in [0.2, 0.25) is 5.91 Å². The highest BCUT2D eigenvalue weighted by Crippen LogP contribution is 2.30. The van der Waals surface area contributed by atoms with Crippen molar-refractivity contribution in [1.82, 2.24) is 4.90 Å². The van der Waals surface area contributed by atoms with Crippen LogP contribution in [0.2, 0.25) is 0 Å². The predicted octanol–water partition coefficient (Wildman–Crippen LogP) is 4.20. The summed E-state index contributed by atoms with van der Waals surface area (Å²) in [5.74, 6) is -0.629. The first-order valence-electron chi connectivity index (χ1n) is 8.60. The number of benzene rings is 2. The van der Waals surface area contributed by atoms with Crippen LogP contribution in [0.15, 0.2) is 36.4 Å². The molecule has 2 rings (SSSR count). The minimum absolute atomic E-state index is 0.0732. The number of alkyl halides is 2. The number of carbonyl (C=O) groups excluding carboxylic acids is 1. The number of carbonyl (C=O) groups is 1. The topological polar surface area (TPSA) is 50.8 Å². The Kier molecular flexibility index (Phi) is 7.28. The standard InChI is InChI=1S/C20H23F3N2O3/c1-12-5-7-15(21)10-16(12)24-19(26)13(2)25(3)11-14-6-8-17(27-4)18(9-14)28-20(22)23/h5-10,13,20H,11H2,1-4H3,(H,24,26). The lowest BCUT2D eigenvalue weighted by atomic mass is 10.1. The number of nitrogens with one attached hydrogen (secondary N) is 1. The molecule has 1 unspecified atom stereocenters. The fraction of sp³-hybridized carbons (Fsp3) is 0.350. The maximum Gasteiger partial charge on any atom is 0.387 e. The van der Waals surface area contributed by atoms with Gasteiger partial charge in [0.05, 0.1) is 13.2 Å². The number of rotatable bonds is 8. The van der Waals surface area contributed by atoms with Crippen LogP contribution in [0, 0.1) is 12.7 Å². The van der Waals surface area contributed by atoms with Crippen molar-refractivity contribution >= 4 is 11.6 Å². The van der Waals surface area contributed by atoms with Gasteiger partial charge in [-0.1, -0.05) is 12.1 Å². The normalized spacial score (nSPS) is 12.2. The maximum atomic E-state index is 13.4. The summed E-state index contributed by atoms with van der Waals surface area (Å²) in [6, 6.07) is 8.30. The van der Waals surface area contributed by atoms with Crippen LogP contribution in [0.5, 0.6) is 11.5 Å². The van der Waals surface area contributed by atoms with E-state index < -0.39 is 18.5 Å². The number of ether oxygens (including phenoxy) is 2. The quantitative estimate of drug-likeness (QED) is 0.727. The Morgan fingerprint density at radius 1 is 1.18 bits per heavy atom. The van der Waals surface area contributed by atoms with Gasteiger partial charge in [-0.05, 0) is 56.3 Å². The number of aryl methyl sites for hydroxylation is 1. The van der Waals surface area contributed by atoms with E-state index in [-0.39, 0.29) is 17.4 Å². The number of anilines is 1. The summed E-state index contributed by atoms with van der Waals surface area (Å²) in [6.07, 6.45) is 0. The zero-order chi connectivity index (χ0) is 20.8. The van der Waals surface area contributed by atoms with E-state index >= 15 is 0 Å². The van der Waals surface area contributed by atoms with E-state index in [1.54, 1.807) is 37.9 Å². The average molecular weight is 396 g/mol. The molecule has 0 aromatic heterocycles. The van der Waals surface area contributed by atoms with Crippen LogP contribution in [0.4, 0.5) is 18.9 Å². The summed E-state index contributed by atoms with van der Waals surface area (Å²) in [6.45, 7) is 0.802. The number of likely N-dealkylation sites (N-methyl/N-ethyl adjacent to an activating group) is 1. The largest absolute Gasteiger partial charge is 0.493 e. The van der Waals surface area contributed by atoms with Gasteiger partial charge in [-0.3, -0.25) is 9.69 Å². The molecule has 0 spiro atoms. The third-order valence-electron chi connectivity index (χ3n) is 4.37. The molecular weight excluding hydrogens is 373 g/mol. The van der Waals surface area contributed by atoms with Gasteiger partial charge >= 0.3 is 6.61 Å². The third kappa shape index (κ3) is 5.63. The molecule has 1 amide bonds. The Bertz CT molecular complexity index is 830. The zero-order valence-corrected chi connectivity index (χ0v) is 16.1. The van der Waals surface area contributed by atoms with Crippen molar-refractivity contribution in [1.29, 1.82) is 0 Å². The van der Waals surface area contributed by atoms with Crippen LogP contribution in [0.3, 0.4) is 0 Å². The molecule has 28 heavy (non-hydrogen) atoms. The molecule has 2 aromatic rings. The summed E-state index contributed by atoms with van der Waals surface area (Å²) in [4.78, 5) is 14.2. The lowest BCUT2D eigenvalue weighted by Crippen LogP contribution is -2.39. The highest BCUT2D eigenvalue weighted by atomic mass is 19.3. The molecular formula is C20H23F3N2O3. The van der Waals surface area contributed by atoms with Gasteiger partial charge in [0.1, 0.15) is 5.82 Å². The molecule has 8 heteroatoms. The van der Waals surface area contributed by atoms with E-state index in [1.165, 1.54) is 31.4 Å². The Hall–Kier alpha value is -2.74. The van der Waals surface area contributed by atoms with Crippen molar-refractivity contribution in [3.63, 3.8) is 0 Å². The molecule has 2 aromatic carbocycles. The van der Waals surface area contributed by atoms with E-state index in [0.717, 1.165) is 5.56 Å². The second-order valence-corrected chi connectivity index (χ2v) is 6.40. The lowest BCUT2D eigenvalue weighted by molar-refractivity contribution is -0.120. The van der Waals surface area contributed by atoms with Gasteiger partial charge in [-0.25, -0.2) is 4.39 Å². The van der Waals surface area contributed by atoms with Crippen LogP contribution in [0.1, 0.15) is 18.1 Å². The van der Waals surface area contributed by atoms with Crippen molar-refractivity contribution in [2.75, 3.05) is 19.5 Å². The van der Waals surface area contributed by atoms with E-state index in [0.29, 0.717) is 17.8 Å². The molecule has 0 aliphatic heterocycles. The Morgan fingerprint density at radius 2 is 1.89 bits per heavy atom. The van der Waals surface area contributed by atoms with Gasteiger partial charge in [0.25, 0.3) is 0 Å². The van der Waals surface area contributed by atoms with E-state index in [1.807, 2.05) is 0 Å². The average Bonchev–Trinajstić information content (AvgIpc) is 2.63. The number of methoxy groups -OCH3 is 1.